The largest absolute Gasteiger partial charge is 0.494 e. The summed E-state index contributed by atoms with van der Waals surface area (Å²) >= 11 is 11.5. The van der Waals surface area contributed by atoms with Crippen LogP contribution in [0.1, 0.15) is 27.7 Å². The topological polar surface area (TPSA) is 62.6 Å². The average Bonchev–Trinajstić information content (AvgIpc) is 2.14. The van der Waals surface area contributed by atoms with Crippen LogP contribution in [0.25, 0.3) is 0 Å². The van der Waals surface area contributed by atoms with Gasteiger partial charge in [0.25, 0.3) is 0 Å². The summed E-state index contributed by atoms with van der Waals surface area (Å²) in [5, 5.41) is 20.2. The molecule has 1 heterocycles. The van der Waals surface area contributed by atoms with E-state index in [1.54, 1.807) is 27.7 Å². The van der Waals surface area contributed by atoms with E-state index in [0.29, 0.717) is 5.46 Å². The van der Waals surface area contributed by atoms with Gasteiger partial charge in [0.05, 0.1) is 11.2 Å². The number of pyridine rings is 1. The fourth-order valence-electron chi connectivity index (χ4n) is 1.09. The van der Waals surface area contributed by atoms with Crippen molar-refractivity contribution in [1.82, 2.24) is 4.98 Å². The molecule has 0 aliphatic carbocycles. The van der Waals surface area contributed by atoms with Crippen LogP contribution < -0.4 is 5.46 Å². The third-order valence-corrected chi connectivity index (χ3v) is 3.50. The second-order valence-electron chi connectivity index (χ2n) is 5.05. The molecule has 18 heavy (non-hydrogen) atoms. The third kappa shape index (κ3) is 3.59. The Bertz CT molecular complexity index is 435. The van der Waals surface area contributed by atoms with Gasteiger partial charge in [0, 0.05) is 5.46 Å². The standard InChI is InChI=1S/C11H16BCl2NO3/c1-10(2,16)11(3,4)18-12(17)7-5-6-8(13)15-9(7)14/h5-6,16-17H,1-4H3. The first kappa shape index (κ1) is 15.7. The highest BCUT2D eigenvalue weighted by atomic mass is 35.5. The van der Waals surface area contributed by atoms with Crippen molar-refractivity contribution in [2.75, 3.05) is 0 Å². The van der Waals surface area contributed by atoms with Crippen LogP contribution in [-0.2, 0) is 4.65 Å². The van der Waals surface area contributed by atoms with Gasteiger partial charge in [-0.15, -0.1) is 0 Å². The summed E-state index contributed by atoms with van der Waals surface area (Å²) in [7, 11) is -1.29. The van der Waals surface area contributed by atoms with E-state index in [2.05, 4.69) is 4.98 Å². The summed E-state index contributed by atoms with van der Waals surface area (Å²) in [4.78, 5) is 3.82. The Morgan fingerprint density at radius 3 is 2.22 bits per heavy atom. The number of halogens is 2. The maximum absolute atomic E-state index is 9.99. The molecule has 1 aromatic heterocycles. The second-order valence-corrected chi connectivity index (χ2v) is 5.80. The van der Waals surface area contributed by atoms with Crippen LogP contribution in [0, 0.1) is 0 Å². The summed E-state index contributed by atoms with van der Waals surface area (Å²) < 4.78 is 5.45. The summed E-state index contributed by atoms with van der Waals surface area (Å²) in [5.41, 5.74) is -1.78. The summed E-state index contributed by atoms with van der Waals surface area (Å²) in [6.45, 7) is 6.55. The van der Waals surface area contributed by atoms with E-state index < -0.39 is 18.3 Å². The van der Waals surface area contributed by atoms with Crippen molar-refractivity contribution in [2.45, 2.75) is 38.9 Å². The van der Waals surface area contributed by atoms with E-state index in [1.165, 1.54) is 12.1 Å². The lowest BCUT2D eigenvalue weighted by molar-refractivity contribution is -0.0982. The number of aliphatic hydroxyl groups is 1. The fourth-order valence-corrected chi connectivity index (χ4v) is 1.53. The van der Waals surface area contributed by atoms with Crippen molar-refractivity contribution < 1.29 is 14.8 Å². The average molecular weight is 292 g/mol. The normalized spacial score (nSPS) is 12.7. The van der Waals surface area contributed by atoms with Gasteiger partial charge in [-0.1, -0.05) is 29.3 Å². The number of hydrogen-bond acceptors (Lipinski definition) is 4. The first-order chi connectivity index (χ1) is 8.04. The number of rotatable bonds is 4. The first-order valence-corrected chi connectivity index (χ1v) is 6.20. The van der Waals surface area contributed by atoms with Crippen LogP contribution in [0.3, 0.4) is 0 Å². The molecule has 2 N–H and O–H groups in total. The Hall–Kier alpha value is -0.325. The zero-order chi connectivity index (χ0) is 14.1. The highest BCUT2D eigenvalue weighted by molar-refractivity contribution is 6.63. The van der Waals surface area contributed by atoms with Crippen molar-refractivity contribution in [3.8, 4) is 0 Å². The maximum Gasteiger partial charge on any atom is 0.494 e. The Labute approximate surface area is 117 Å². The van der Waals surface area contributed by atoms with Crippen molar-refractivity contribution in [2.24, 2.45) is 0 Å². The fraction of sp³-hybridized carbons (Fsp3) is 0.545. The quantitative estimate of drug-likeness (QED) is 0.654. The number of aromatic nitrogens is 1. The predicted molar refractivity (Wildman–Crippen MR) is 73.3 cm³/mol. The lowest BCUT2D eigenvalue weighted by Crippen LogP contribution is -2.53. The second kappa shape index (κ2) is 5.35. The molecule has 0 aliphatic rings. The van der Waals surface area contributed by atoms with Crippen molar-refractivity contribution in [1.29, 1.82) is 0 Å². The molecular weight excluding hydrogens is 276 g/mol. The van der Waals surface area contributed by atoms with Gasteiger partial charge in [-0.2, -0.15) is 0 Å². The van der Waals surface area contributed by atoms with Gasteiger partial charge in [0.1, 0.15) is 10.3 Å². The van der Waals surface area contributed by atoms with Crippen LogP contribution in [0.2, 0.25) is 10.3 Å². The zero-order valence-corrected chi connectivity index (χ0v) is 12.2. The zero-order valence-electron chi connectivity index (χ0n) is 10.7. The third-order valence-electron chi connectivity index (χ3n) is 2.99. The Morgan fingerprint density at radius 2 is 1.78 bits per heavy atom. The van der Waals surface area contributed by atoms with E-state index in [9.17, 15) is 10.1 Å². The van der Waals surface area contributed by atoms with Crippen LogP contribution >= 0.6 is 23.2 Å². The minimum atomic E-state index is -1.29. The molecule has 0 bridgehead atoms. The minimum absolute atomic E-state index is 0.0709. The molecule has 100 valence electrons. The van der Waals surface area contributed by atoms with E-state index in [-0.39, 0.29) is 10.3 Å². The van der Waals surface area contributed by atoms with Crippen LogP contribution in [0.4, 0.5) is 0 Å². The van der Waals surface area contributed by atoms with Crippen LogP contribution in [0.5, 0.6) is 0 Å². The highest BCUT2D eigenvalue weighted by Crippen LogP contribution is 2.25. The summed E-state index contributed by atoms with van der Waals surface area (Å²) in [5.74, 6) is 0. The van der Waals surface area contributed by atoms with Gasteiger partial charge in [-0.05, 0) is 33.8 Å². The maximum atomic E-state index is 9.99. The monoisotopic (exact) mass is 291 g/mol. The SMILES string of the molecule is CC(C)(O)C(C)(C)OB(O)c1ccc(Cl)nc1Cl. The van der Waals surface area contributed by atoms with Gasteiger partial charge in [-0.25, -0.2) is 4.98 Å². The molecular formula is C11H16BCl2NO3. The lowest BCUT2D eigenvalue weighted by atomic mass is 9.77. The molecule has 1 rings (SSSR count). The molecule has 0 aliphatic heterocycles. The van der Waals surface area contributed by atoms with E-state index in [1.807, 2.05) is 0 Å². The molecule has 0 saturated carbocycles. The lowest BCUT2D eigenvalue weighted by Gasteiger charge is -2.38. The van der Waals surface area contributed by atoms with Gasteiger partial charge in [-0.3, -0.25) is 0 Å². The van der Waals surface area contributed by atoms with Crippen LogP contribution in [0.15, 0.2) is 12.1 Å². The van der Waals surface area contributed by atoms with Gasteiger partial charge >= 0.3 is 7.12 Å². The molecule has 0 saturated heterocycles. The summed E-state index contributed by atoms with van der Waals surface area (Å²) in [6.07, 6.45) is 0. The summed E-state index contributed by atoms with van der Waals surface area (Å²) in [6, 6.07) is 3.04. The van der Waals surface area contributed by atoms with Crippen LogP contribution in [-0.4, -0.2) is 33.4 Å². The highest BCUT2D eigenvalue weighted by Gasteiger charge is 2.40. The molecule has 4 nitrogen and oxygen atoms in total. The van der Waals surface area contributed by atoms with E-state index in [0.717, 1.165) is 0 Å². The van der Waals surface area contributed by atoms with Crippen molar-refractivity contribution >= 4 is 35.8 Å². The van der Waals surface area contributed by atoms with E-state index >= 15 is 0 Å². The number of nitrogens with zero attached hydrogens (tertiary/aromatic N) is 1. The number of hydrogen-bond donors (Lipinski definition) is 2. The Morgan fingerprint density at radius 1 is 1.22 bits per heavy atom. The van der Waals surface area contributed by atoms with Gasteiger partial charge in [0.15, 0.2) is 0 Å². The molecule has 1 aromatic rings. The Kier molecular flexibility index (Phi) is 4.68. The van der Waals surface area contributed by atoms with Gasteiger partial charge in [0.2, 0.25) is 0 Å². The molecule has 0 unspecified atom stereocenters. The Balaban J connectivity index is 2.92. The van der Waals surface area contributed by atoms with E-state index in [4.69, 9.17) is 27.9 Å². The molecule has 7 heteroatoms. The van der Waals surface area contributed by atoms with Crippen molar-refractivity contribution in [3.63, 3.8) is 0 Å². The molecule has 0 atom stereocenters. The first-order valence-electron chi connectivity index (χ1n) is 5.45. The molecule has 0 spiro atoms. The van der Waals surface area contributed by atoms with Crippen molar-refractivity contribution in [3.05, 3.63) is 22.4 Å². The molecule has 0 radical (unpaired) electrons. The molecule has 0 aromatic carbocycles. The smallest absolute Gasteiger partial charge is 0.423 e. The molecule has 0 fully saturated rings. The predicted octanol–water partition coefficient (Wildman–Crippen LogP) is 1.64. The van der Waals surface area contributed by atoms with Gasteiger partial charge < -0.3 is 14.8 Å². The minimum Gasteiger partial charge on any atom is -0.423 e. The molecule has 0 amide bonds.